The first-order valence-corrected chi connectivity index (χ1v) is 9.41. The number of nitrogens with zero attached hydrogens (tertiary/aromatic N) is 1. The Morgan fingerprint density at radius 2 is 1.90 bits per heavy atom. The summed E-state index contributed by atoms with van der Waals surface area (Å²) in [5, 5.41) is 8.06. The van der Waals surface area contributed by atoms with E-state index in [-0.39, 0.29) is 24.3 Å². The molecule has 6 nitrogen and oxygen atoms in total. The summed E-state index contributed by atoms with van der Waals surface area (Å²) < 4.78 is 49.4. The normalized spacial score (nSPS) is 19.1. The maximum absolute atomic E-state index is 12.2. The lowest BCUT2D eigenvalue weighted by Crippen LogP contribution is -2.36. The summed E-state index contributed by atoms with van der Waals surface area (Å²) in [6, 6.07) is 8.08. The van der Waals surface area contributed by atoms with Crippen molar-refractivity contribution in [2.75, 3.05) is 16.2 Å². The Morgan fingerprint density at radius 1 is 1.25 bits per heavy atom. The molecule has 0 spiro atoms. The number of nitrogens with one attached hydrogen (secondary N) is 1. The molecule has 0 aromatic heterocycles. The summed E-state index contributed by atoms with van der Waals surface area (Å²) in [4.78, 5) is 0. The van der Waals surface area contributed by atoms with Crippen LogP contribution in [0.25, 0.3) is 0 Å². The molecular formula is C12H14N2O4S2. The van der Waals surface area contributed by atoms with Crippen LogP contribution in [0.3, 0.4) is 0 Å². The fraction of sp³-hybridized carbons (Fsp3) is 0.417. The lowest BCUT2D eigenvalue weighted by Gasteiger charge is -2.22. The van der Waals surface area contributed by atoms with Crippen molar-refractivity contribution >= 4 is 25.5 Å². The van der Waals surface area contributed by atoms with Gasteiger partial charge >= 0.3 is 0 Å². The number of benzene rings is 1. The van der Waals surface area contributed by atoms with Crippen LogP contribution in [0.5, 0.6) is 0 Å². The van der Waals surface area contributed by atoms with Crippen LogP contribution in [0, 0.1) is 11.3 Å². The monoisotopic (exact) mass is 314 g/mol. The standard InChI is InChI=1S/C12H14N2O4S2/c13-9-10-2-1-3-11(8-10)14-20(17,18)12-4-6-19(15,16)7-5-12/h1-3,8,12,14H,4-7H2. The van der Waals surface area contributed by atoms with Crippen LogP contribution < -0.4 is 4.72 Å². The van der Waals surface area contributed by atoms with Gasteiger partial charge in [-0.1, -0.05) is 6.07 Å². The van der Waals surface area contributed by atoms with Crippen LogP contribution in [0.4, 0.5) is 5.69 Å². The van der Waals surface area contributed by atoms with Crippen LogP contribution in [0.15, 0.2) is 24.3 Å². The van der Waals surface area contributed by atoms with Gasteiger partial charge in [0.15, 0.2) is 0 Å². The fourth-order valence-electron chi connectivity index (χ4n) is 2.08. The summed E-state index contributed by atoms with van der Waals surface area (Å²) in [6.45, 7) is 0. The van der Waals surface area contributed by atoms with E-state index in [2.05, 4.69) is 4.72 Å². The third-order valence-corrected chi connectivity index (χ3v) is 6.78. The van der Waals surface area contributed by atoms with Crippen molar-refractivity contribution in [3.8, 4) is 6.07 Å². The molecule has 1 heterocycles. The number of rotatable bonds is 3. The number of hydrogen-bond acceptors (Lipinski definition) is 5. The molecule has 1 aliphatic rings. The van der Waals surface area contributed by atoms with Gasteiger partial charge in [0.25, 0.3) is 0 Å². The summed E-state index contributed by atoms with van der Waals surface area (Å²) in [5.74, 6) is -0.201. The Labute approximate surface area is 118 Å². The molecule has 0 amide bonds. The number of sulfonamides is 1. The van der Waals surface area contributed by atoms with Gasteiger partial charge in [-0.05, 0) is 31.0 Å². The second-order valence-corrected chi connectivity index (χ2v) is 8.96. The van der Waals surface area contributed by atoms with E-state index < -0.39 is 25.1 Å². The summed E-state index contributed by atoms with van der Waals surface area (Å²) in [6.07, 6.45) is 0.214. The average Bonchev–Trinajstić information content (AvgIpc) is 2.38. The number of nitriles is 1. The number of anilines is 1. The van der Waals surface area contributed by atoms with Gasteiger partial charge in [0.1, 0.15) is 9.84 Å². The largest absolute Gasteiger partial charge is 0.283 e. The molecule has 1 fully saturated rings. The van der Waals surface area contributed by atoms with Crippen molar-refractivity contribution in [1.82, 2.24) is 0 Å². The smallest absolute Gasteiger partial charge is 0.235 e. The third kappa shape index (κ3) is 3.49. The van der Waals surface area contributed by atoms with Crippen molar-refractivity contribution in [1.29, 1.82) is 5.26 Å². The third-order valence-electron chi connectivity index (χ3n) is 3.19. The second kappa shape index (κ2) is 5.42. The molecular weight excluding hydrogens is 300 g/mol. The minimum absolute atomic E-state index is 0.100. The Hall–Kier alpha value is -1.59. The van der Waals surface area contributed by atoms with E-state index in [4.69, 9.17) is 5.26 Å². The second-order valence-electron chi connectivity index (χ2n) is 4.69. The molecule has 0 aliphatic carbocycles. The fourth-order valence-corrected chi connectivity index (χ4v) is 5.35. The number of hydrogen-bond donors (Lipinski definition) is 1. The molecule has 0 radical (unpaired) electrons. The van der Waals surface area contributed by atoms with E-state index in [9.17, 15) is 16.8 Å². The van der Waals surface area contributed by atoms with Crippen molar-refractivity contribution in [3.05, 3.63) is 29.8 Å². The highest BCUT2D eigenvalue weighted by molar-refractivity contribution is 7.94. The van der Waals surface area contributed by atoms with Crippen molar-refractivity contribution in [3.63, 3.8) is 0 Å². The van der Waals surface area contributed by atoms with Crippen LogP contribution in [-0.4, -0.2) is 33.6 Å². The van der Waals surface area contributed by atoms with Gasteiger partial charge in [-0.3, -0.25) is 4.72 Å². The quantitative estimate of drug-likeness (QED) is 0.891. The summed E-state index contributed by atoms with van der Waals surface area (Å²) in [7, 11) is -6.73. The lowest BCUT2D eigenvalue weighted by atomic mass is 10.2. The van der Waals surface area contributed by atoms with Gasteiger partial charge in [-0.15, -0.1) is 0 Å². The van der Waals surface area contributed by atoms with Crippen LogP contribution >= 0.6 is 0 Å². The van der Waals surface area contributed by atoms with Crippen LogP contribution in [-0.2, 0) is 19.9 Å². The van der Waals surface area contributed by atoms with Gasteiger partial charge in [-0.25, -0.2) is 16.8 Å². The SMILES string of the molecule is N#Cc1cccc(NS(=O)(=O)C2CCS(=O)(=O)CC2)c1. The number of sulfone groups is 1. The maximum Gasteiger partial charge on any atom is 0.235 e. The lowest BCUT2D eigenvalue weighted by molar-refractivity contribution is 0.555. The summed E-state index contributed by atoms with van der Waals surface area (Å²) >= 11 is 0. The Morgan fingerprint density at radius 3 is 2.50 bits per heavy atom. The van der Waals surface area contributed by atoms with Crippen molar-refractivity contribution in [2.45, 2.75) is 18.1 Å². The molecule has 0 unspecified atom stereocenters. The van der Waals surface area contributed by atoms with E-state index in [1.54, 1.807) is 18.2 Å². The molecule has 0 atom stereocenters. The van der Waals surface area contributed by atoms with Crippen LogP contribution in [0.1, 0.15) is 18.4 Å². The zero-order valence-corrected chi connectivity index (χ0v) is 12.2. The first-order chi connectivity index (χ1) is 9.32. The zero-order valence-electron chi connectivity index (χ0n) is 10.6. The van der Waals surface area contributed by atoms with E-state index in [0.717, 1.165) is 0 Å². The molecule has 20 heavy (non-hydrogen) atoms. The molecule has 2 rings (SSSR count). The maximum atomic E-state index is 12.2. The highest BCUT2D eigenvalue weighted by Crippen LogP contribution is 2.22. The predicted octanol–water partition coefficient (Wildman–Crippen LogP) is 0.877. The highest BCUT2D eigenvalue weighted by Gasteiger charge is 2.32. The molecule has 1 N–H and O–H groups in total. The first-order valence-electron chi connectivity index (χ1n) is 6.05. The van der Waals surface area contributed by atoms with E-state index in [1.807, 2.05) is 6.07 Å². The van der Waals surface area contributed by atoms with E-state index in [1.165, 1.54) is 6.07 Å². The van der Waals surface area contributed by atoms with Crippen LogP contribution in [0.2, 0.25) is 0 Å². The molecule has 108 valence electrons. The van der Waals surface area contributed by atoms with Crippen molar-refractivity contribution < 1.29 is 16.8 Å². The molecule has 1 aromatic rings. The molecule has 1 aromatic carbocycles. The van der Waals surface area contributed by atoms with E-state index >= 15 is 0 Å². The van der Waals surface area contributed by atoms with E-state index in [0.29, 0.717) is 11.3 Å². The molecule has 0 saturated carbocycles. The minimum atomic E-state index is -3.64. The molecule has 1 aliphatic heterocycles. The minimum Gasteiger partial charge on any atom is -0.283 e. The molecule has 8 heteroatoms. The van der Waals surface area contributed by atoms with Gasteiger partial charge < -0.3 is 0 Å². The van der Waals surface area contributed by atoms with Gasteiger partial charge in [0.05, 0.1) is 28.4 Å². The first kappa shape index (κ1) is 14.8. The Kier molecular flexibility index (Phi) is 4.01. The summed E-state index contributed by atoms with van der Waals surface area (Å²) in [5.41, 5.74) is 0.675. The molecule has 0 bridgehead atoms. The Bertz CT molecular complexity index is 734. The van der Waals surface area contributed by atoms with Gasteiger partial charge in [0, 0.05) is 5.69 Å². The highest BCUT2D eigenvalue weighted by atomic mass is 32.2. The predicted molar refractivity (Wildman–Crippen MR) is 75.4 cm³/mol. The Balaban J connectivity index is 2.14. The average molecular weight is 314 g/mol. The van der Waals surface area contributed by atoms with Crippen molar-refractivity contribution in [2.24, 2.45) is 0 Å². The topological polar surface area (TPSA) is 104 Å². The van der Waals surface area contributed by atoms with Gasteiger partial charge in [-0.2, -0.15) is 5.26 Å². The zero-order chi connectivity index (χ0) is 14.8. The molecule has 1 saturated heterocycles. The van der Waals surface area contributed by atoms with Gasteiger partial charge in [0.2, 0.25) is 10.0 Å².